The molecule has 1 aromatic heterocycles. The molecule has 0 atom stereocenters. The number of imidazole rings is 1. The molecule has 0 aliphatic rings. The number of aromatic nitrogens is 2. The minimum atomic E-state index is 0.457. The van der Waals surface area contributed by atoms with Gasteiger partial charge in [0.15, 0.2) is 0 Å². The number of aryl methyl sites for hydroxylation is 1. The van der Waals surface area contributed by atoms with Gasteiger partial charge in [0.25, 0.3) is 0 Å². The van der Waals surface area contributed by atoms with Crippen molar-refractivity contribution in [1.29, 1.82) is 0 Å². The largest absolute Gasteiger partial charge is 0.335 e. The second-order valence-electron chi connectivity index (χ2n) is 5.66. The smallest absolute Gasteiger partial charge is 0.113 e. The van der Waals surface area contributed by atoms with Crippen molar-refractivity contribution in [3.63, 3.8) is 0 Å². The van der Waals surface area contributed by atoms with Crippen LogP contribution in [0.5, 0.6) is 0 Å². The zero-order valence-corrected chi connectivity index (χ0v) is 13.8. The molecule has 1 N–H and O–H groups in total. The Hall–Kier alpha value is -1.32. The van der Waals surface area contributed by atoms with Gasteiger partial charge in [-0.25, -0.2) is 4.98 Å². The number of nitrogens with zero attached hydrogens (tertiary/aromatic N) is 2. The third-order valence-corrected chi connectivity index (χ3v) is 3.72. The third kappa shape index (κ3) is 4.58. The van der Waals surface area contributed by atoms with E-state index in [-0.39, 0.29) is 0 Å². The summed E-state index contributed by atoms with van der Waals surface area (Å²) in [6.07, 6.45) is 5.90. The summed E-state index contributed by atoms with van der Waals surface area (Å²) in [5.41, 5.74) is 2.54. The zero-order chi connectivity index (χ0) is 15.2. The van der Waals surface area contributed by atoms with E-state index in [9.17, 15) is 0 Å². The monoisotopic (exact) mass is 305 g/mol. The predicted molar refractivity (Wildman–Crippen MR) is 88.8 cm³/mol. The van der Waals surface area contributed by atoms with Gasteiger partial charge in [0.2, 0.25) is 0 Å². The van der Waals surface area contributed by atoms with Crippen molar-refractivity contribution in [2.24, 2.45) is 0 Å². The van der Waals surface area contributed by atoms with Crippen molar-refractivity contribution in [2.75, 3.05) is 0 Å². The molecular formula is C17H24ClN3. The first-order valence-electron chi connectivity index (χ1n) is 7.60. The Labute approximate surface area is 132 Å². The highest BCUT2D eigenvalue weighted by molar-refractivity contribution is 6.30. The van der Waals surface area contributed by atoms with Crippen LogP contribution in [-0.2, 0) is 19.5 Å². The normalized spacial score (nSPS) is 11.3. The zero-order valence-electron chi connectivity index (χ0n) is 13.1. The number of benzene rings is 1. The predicted octanol–water partition coefficient (Wildman–Crippen LogP) is 4.04. The van der Waals surface area contributed by atoms with Crippen LogP contribution >= 0.6 is 11.6 Å². The van der Waals surface area contributed by atoms with E-state index in [1.54, 1.807) is 0 Å². The van der Waals surface area contributed by atoms with Crippen molar-refractivity contribution < 1.29 is 0 Å². The number of halogens is 1. The maximum atomic E-state index is 6.15. The van der Waals surface area contributed by atoms with E-state index in [1.807, 2.05) is 12.3 Å². The second-order valence-corrected chi connectivity index (χ2v) is 6.10. The van der Waals surface area contributed by atoms with Gasteiger partial charge in [-0.05, 0) is 29.7 Å². The molecule has 0 saturated heterocycles. The molecule has 0 saturated carbocycles. The molecule has 1 aromatic carbocycles. The standard InChI is InChI=1S/C17H24ClN3/c1-4-8-21-9-7-19-17(21)11-14-5-6-16(18)10-15(14)12-20-13(2)3/h5-7,9-10,13,20H,4,8,11-12H2,1-3H3. The highest BCUT2D eigenvalue weighted by Gasteiger charge is 2.09. The van der Waals surface area contributed by atoms with Crippen LogP contribution in [0, 0.1) is 0 Å². The Morgan fingerprint density at radius 1 is 1.29 bits per heavy atom. The molecule has 0 fully saturated rings. The van der Waals surface area contributed by atoms with Gasteiger partial charge in [-0.1, -0.05) is 38.4 Å². The van der Waals surface area contributed by atoms with Gasteiger partial charge in [0.1, 0.15) is 5.82 Å². The number of rotatable bonds is 7. The minimum absolute atomic E-state index is 0.457. The molecule has 0 unspecified atom stereocenters. The highest BCUT2D eigenvalue weighted by atomic mass is 35.5. The fraction of sp³-hybridized carbons (Fsp3) is 0.471. The van der Waals surface area contributed by atoms with Crippen LogP contribution in [0.1, 0.15) is 44.1 Å². The summed E-state index contributed by atoms with van der Waals surface area (Å²) in [5.74, 6) is 1.12. The lowest BCUT2D eigenvalue weighted by atomic mass is 10.0. The van der Waals surface area contributed by atoms with Gasteiger partial charge in [-0.2, -0.15) is 0 Å². The summed E-state index contributed by atoms with van der Waals surface area (Å²) in [5, 5.41) is 4.25. The van der Waals surface area contributed by atoms with Crippen LogP contribution < -0.4 is 5.32 Å². The van der Waals surface area contributed by atoms with E-state index in [2.05, 4.69) is 54.0 Å². The SMILES string of the molecule is CCCn1ccnc1Cc1ccc(Cl)cc1CNC(C)C. The number of nitrogens with one attached hydrogen (secondary N) is 1. The minimum Gasteiger partial charge on any atom is -0.335 e. The first-order valence-corrected chi connectivity index (χ1v) is 7.98. The average molecular weight is 306 g/mol. The lowest BCUT2D eigenvalue weighted by molar-refractivity contribution is 0.585. The quantitative estimate of drug-likeness (QED) is 0.837. The summed E-state index contributed by atoms with van der Waals surface area (Å²) in [4.78, 5) is 4.50. The van der Waals surface area contributed by atoms with Crippen LogP contribution in [-0.4, -0.2) is 15.6 Å². The first kappa shape index (κ1) is 16.1. The highest BCUT2D eigenvalue weighted by Crippen LogP contribution is 2.19. The van der Waals surface area contributed by atoms with E-state index < -0.39 is 0 Å². The Kier molecular flexibility index (Phi) is 5.83. The van der Waals surface area contributed by atoms with Crippen molar-refractivity contribution in [2.45, 2.75) is 52.7 Å². The molecule has 0 aliphatic heterocycles. The maximum absolute atomic E-state index is 6.15. The summed E-state index contributed by atoms with van der Waals surface area (Å²) in [6.45, 7) is 8.34. The van der Waals surface area contributed by atoms with Gasteiger partial charge < -0.3 is 9.88 Å². The van der Waals surface area contributed by atoms with Gasteiger partial charge in [-0.15, -0.1) is 0 Å². The van der Waals surface area contributed by atoms with Crippen molar-refractivity contribution >= 4 is 11.6 Å². The first-order chi connectivity index (χ1) is 10.1. The van der Waals surface area contributed by atoms with Crippen molar-refractivity contribution in [3.05, 3.63) is 52.6 Å². The molecule has 0 amide bonds. The van der Waals surface area contributed by atoms with Crippen molar-refractivity contribution in [1.82, 2.24) is 14.9 Å². The molecule has 0 bridgehead atoms. The van der Waals surface area contributed by atoms with Gasteiger partial charge >= 0.3 is 0 Å². The molecule has 0 aliphatic carbocycles. The maximum Gasteiger partial charge on any atom is 0.113 e. The fourth-order valence-electron chi connectivity index (χ4n) is 2.37. The summed E-state index contributed by atoms with van der Waals surface area (Å²) in [6, 6.07) is 6.59. The fourth-order valence-corrected chi connectivity index (χ4v) is 2.56. The topological polar surface area (TPSA) is 29.9 Å². The Morgan fingerprint density at radius 3 is 2.81 bits per heavy atom. The van der Waals surface area contributed by atoms with E-state index >= 15 is 0 Å². The summed E-state index contributed by atoms with van der Waals surface area (Å²) in [7, 11) is 0. The molecule has 1 heterocycles. The Bertz CT molecular complexity index is 575. The van der Waals surface area contributed by atoms with Crippen LogP contribution in [0.25, 0.3) is 0 Å². The van der Waals surface area contributed by atoms with Crippen molar-refractivity contribution in [3.8, 4) is 0 Å². The van der Waals surface area contributed by atoms with E-state index in [4.69, 9.17) is 11.6 Å². The molecule has 2 rings (SSSR count). The van der Waals surface area contributed by atoms with E-state index in [0.717, 1.165) is 36.8 Å². The lowest BCUT2D eigenvalue weighted by Crippen LogP contribution is -2.22. The van der Waals surface area contributed by atoms with Gasteiger partial charge in [0, 0.05) is 43.0 Å². The van der Waals surface area contributed by atoms with E-state index in [1.165, 1.54) is 11.1 Å². The molecule has 21 heavy (non-hydrogen) atoms. The second kappa shape index (κ2) is 7.62. The van der Waals surface area contributed by atoms with E-state index in [0.29, 0.717) is 6.04 Å². The number of hydrogen-bond acceptors (Lipinski definition) is 2. The van der Waals surface area contributed by atoms with Crippen LogP contribution in [0.4, 0.5) is 0 Å². The van der Waals surface area contributed by atoms with Gasteiger partial charge in [-0.3, -0.25) is 0 Å². The third-order valence-electron chi connectivity index (χ3n) is 3.48. The van der Waals surface area contributed by atoms with Gasteiger partial charge in [0.05, 0.1) is 0 Å². The molecule has 3 nitrogen and oxygen atoms in total. The van der Waals surface area contributed by atoms with Crippen LogP contribution in [0.3, 0.4) is 0 Å². The van der Waals surface area contributed by atoms with Crippen LogP contribution in [0.2, 0.25) is 5.02 Å². The Balaban J connectivity index is 2.20. The molecule has 4 heteroatoms. The molecule has 114 valence electrons. The molecular weight excluding hydrogens is 282 g/mol. The van der Waals surface area contributed by atoms with Crippen LogP contribution in [0.15, 0.2) is 30.6 Å². The molecule has 0 spiro atoms. The Morgan fingerprint density at radius 2 is 2.10 bits per heavy atom. The molecule has 0 radical (unpaired) electrons. The average Bonchev–Trinajstić information content (AvgIpc) is 2.87. The molecule has 2 aromatic rings. The lowest BCUT2D eigenvalue weighted by Gasteiger charge is -2.14. The summed E-state index contributed by atoms with van der Waals surface area (Å²) < 4.78 is 2.23. The number of hydrogen-bond donors (Lipinski definition) is 1. The summed E-state index contributed by atoms with van der Waals surface area (Å²) >= 11 is 6.15.